The number of allylic oxidation sites excluding steroid dienone is 1. The molecule has 4 rings (SSSR count). The topological polar surface area (TPSA) is 89.0 Å². The van der Waals surface area contributed by atoms with Gasteiger partial charge in [0.15, 0.2) is 0 Å². The van der Waals surface area contributed by atoms with E-state index in [2.05, 4.69) is 40.9 Å². The van der Waals surface area contributed by atoms with Crippen LogP contribution in [0.5, 0.6) is 0 Å². The quantitative estimate of drug-likeness (QED) is 0.773. The number of fused-ring (bicyclic) bond motifs is 3. The lowest BCUT2D eigenvalue weighted by Crippen LogP contribution is -2.49. The van der Waals surface area contributed by atoms with E-state index in [1.165, 1.54) is 16.0 Å². The number of amides is 2. The van der Waals surface area contributed by atoms with Gasteiger partial charge >= 0.3 is 6.03 Å². The standard InChI is InChI=1S/C21H22N6O/c1-15-5-9-26(21(28)25(11-7-22)12-8-23)14-19(15)27-10-6-16-13-24-18-4-2-3-17(18)20(16)27/h2-3,6,10,13,15,19H,4-5,9,11-12,14H2,1H3/t15-,19+/m1/s1. The maximum Gasteiger partial charge on any atom is 0.321 e. The van der Waals surface area contributed by atoms with E-state index < -0.39 is 0 Å². The fraction of sp³-hybridized carbons (Fsp3) is 0.429. The summed E-state index contributed by atoms with van der Waals surface area (Å²) in [6.07, 6.45) is 10.0. The van der Waals surface area contributed by atoms with Gasteiger partial charge in [-0.1, -0.05) is 19.1 Å². The summed E-state index contributed by atoms with van der Waals surface area (Å²) in [6, 6.07) is 5.95. The van der Waals surface area contributed by atoms with Crippen molar-refractivity contribution < 1.29 is 4.79 Å². The van der Waals surface area contributed by atoms with Gasteiger partial charge in [0.05, 0.1) is 29.4 Å². The van der Waals surface area contributed by atoms with Gasteiger partial charge in [-0.15, -0.1) is 0 Å². The van der Waals surface area contributed by atoms with Crippen LogP contribution in [0.3, 0.4) is 0 Å². The van der Waals surface area contributed by atoms with Crippen LogP contribution in [0.4, 0.5) is 4.79 Å². The summed E-state index contributed by atoms with van der Waals surface area (Å²) in [5, 5.41) is 19.1. The molecule has 2 aromatic heterocycles. The van der Waals surface area contributed by atoms with Gasteiger partial charge in [-0.25, -0.2) is 4.79 Å². The molecule has 2 atom stereocenters. The summed E-state index contributed by atoms with van der Waals surface area (Å²) in [5.41, 5.74) is 3.45. The van der Waals surface area contributed by atoms with E-state index in [1.54, 1.807) is 4.90 Å². The third kappa shape index (κ3) is 2.99. The minimum Gasteiger partial charge on any atom is -0.342 e. The van der Waals surface area contributed by atoms with Crippen LogP contribution < -0.4 is 0 Å². The molecule has 3 heterocycles. The smallest absolute Gasteiger partial charge is 0.321 e. The molecule has 0 radical (unpaired) electrons. The molecule has 28 heavy (non-hydrogen) atoms. The molecule has 1 aliphatic carbocycles. The Morgan fingerprint density at radius 1 is 1.36 bits per heavy atom. The predicted molar refractivity (Wildman–Crippen MR) is 105 cm³/mol. The first-order valence-electron chi connectivity index (χ1n) is 9.56. The van der Waals surface area contributed by atoms with Crippen LogP contribution in [-0.4, -0.2) is 51.6 Å². The predicted octanol–water partition coefficient (Wildman–Crippen LogP) is 2.96. The third-order valence-electron chi connectivity index (χ3n) is 5.81. The van der Waals surface area contributed by atoms with Gasteiger partial charge in [-0.05, 0) is 18.4 Å². The second-order valence-corrected chi connectivity index (χ2v) is 7.49. The number of urea groups is 1. The van der Waals surface area contributed by atoms with Gasteiger partial charge in [-0.2, -0.15) is 10.5 Å². The van der Waals surface area contributed by atoms with E-state index in [1.807, 2.05) is 18.3 Å². The average molecular weight is 374 g/mol. The molecule has 0 bridgehead atoms. The van der Waals surface area contributed by atoms with E-state index in [0.717, 1.165) is 23.9 Å². The molecule has 1 aliphatic heterocycles. The Hall–Kier alpha value is -3.32. The number of likely N-dealkylation sites (tertiary alicyclic amines) is 1. The Bertz CT molecular complexity index is 1010. The number of nitrogens with zero attached hydrogens (tertiary/aromatic N) is 6. The lowest BCUT2D eigenvalue weighted by atomic mass is 9.93. The van der Waals surface area contributed by atoms with Crippen LogP contribution in [0.1, 0.15) is 30.6 Å². The molecule has 0 unspecified atom stereocenters. The van der Waals surface area contributed by atoms with Crippen molar-refractivity contribution in [3.05, 3.63) is 35.8 Å². The first-order valence-corrected chi connectivity index (χ1v) is 9.56. The number of aromatic nitrogens is 2. The molecular weight excluding hydrogens is 352 g/mol. The largest absolute Gasteiger partial charge is 0.342 e. The number of pyridine rings is 1. The van der Waals surface area contributed by atoms with Crippen LogP contribution in [-0.2, 0) is 6.42 Å². The van der Waals surface area contributed by atoms with Crippen LogP contribution in [0.2, 0.25) is 0 Å². The minimum atomic E-state index is -0.233. The van der Waals surface area contributed by atoms with Gasteiger partial charge in [0, 0.05) is 42.9 Å². The van der Waals surface area contributed by atoms with Crippen LogP contribution in [0.25, 0.3) is 17.0 Å². The van der Waals surface area contributed by atoms with Gasteiger partial charge in [0.2, 0.25) is 0 Å². The number of rotatable bonds is 3. The number of piperidine rings is 1. The van der Waals surface area contributed by atoms with Crippen molar-refractivity contribution in [3.63, 3.8) is 0 Å². The number of hydrogen-bond donors (Lipinski definition) is 0. The van der Waals surface area contributed by atoms with E-state index in [4.69, 9.17) is 10.5 Å². The molecule has 0 aromatic carbocycles. The lowest BCUT2D eigenvalue weighted by molar-refractivity contribution is 0.118. The molecule has 1 saturated heterocycles. The van der Waals surface area contributed by atoms with Crippen molar-refractivity contribution in [2.45, 2.75) is 25.8 Å². The Morgan fingerprint density at radius 3 is 2.89 bits per heavy atom. The number of nitriles is 2. The van der Waals surface area contributed by atoms with E-state index in [9.17, 15) is 4.79 Å². The molecule has 7 heteroatoms. The second kappa shape index (κ2) is 7.36. The summed E-state index contributed by atoms with van der Waals surface area (Å²) >= 11 is 0. The molecule has 7 nitrogen and oxygen atoms in total. The second-order valence-electron chi connectivity index (χ2n) is 7.49. The molecule has 0 saturated carbocycles. The fourth-order valence-corrected chi connectivity index (χ4v) is 4.26. The normalized spacial score (nSPS) is 20.6. The summed E-state index contributed by atoms with van der Waals surface area (Å²) in [5.74, 6) is 0.411. The Balaban J connectivity index is 1.65. The van der Waals surface area contributed by atoms with Crippen molar-refractivity contribution in [3.8, 4) is 12.1 Å². The van der Waals surface area contributed by atoms with Gasteiger partial charge in [-0.3, -0.25) is 9.88 Å². The lowest BCUT2D eigenvalue weighted by Gasteiger charge is -2.39. The number of carbonyl (C=O) groups is 1. The highest BCUT2D eigenvalue weighted by Crippen LogP contribution is 2.35. The zero-order valence-electron chi connectivity index (χ0n) is 15.9. The highest BCUT2D eigenvalue weighted by Gasteiger charge is 2.33. The van der Waals surface area contributed by atoms with Crippen molar-refractivity contribution in [2.24, 2.45) is 5.92 Å². The van der Waals surface area contributed by atoms with E-state index in [0.29, 0.717) is 19.0 Å². The minimum absolute atomic E-state index is 0.0699. The number of carbonyl (C=O) groups excluding carboxylic acids is 1. The summed E-state index contributed by atoms with van der Waals surface area (Å²) in [7, 11) is 0. The van der Waals surface area contributed by atoms with Crippen LogP contribution >= 0.6 is 0 Å². The van der Waals surface area contributed by atoms with Crippen LogP contribution in [0.15, 0.2) is 24.5 Å². The van der Waals surface area contributed by atoms with Crippen molar-refractivity contribution in [2.75, 3.05) is 26.2 Å². The Labute approximate surface area is 164 Å². The third-order valence-corrected chi connectivity index (χ3v) is 5.81. The molecule has 0 spiro atoms. The van der Waals surface area contributed by atoms with E-state index in [-0.39, 0.29) is 25.2 Å². The Kier molecular flexibility index (Phi) is 4.75. The molecule has 2 amide bonds. The van der Waals surface area contributed by atoms with E-state index >= 15 is 0 Å². The maximum absolute atomic E-state index is 12.9. The first kappa shape index (κ1) is 18.1. The van der Waals surface area contributed by atoms with Crippen molar-refractivity contribution >= 4 is 23.0 Å². The summed E-state index contributed by atoms with van der Waals surface area (Å²) in [6.45, 7) is 3.29. The first-order chi connectivity index (χ1) is 13.6. The zero-order valence-corrected chi connectivity index (χ0v) is 15.9. The van der Waals surface area contributed by atoms with Crippen molar-refractivity contribution in [1.29, 1.82) is 10.5 Å². The molecule has 142 valence electrons. The molecule has 1 fully saturated rings. The van der Waals surface area contributed by atoms with Crippen molar-refractivity contribution in [1.82, 2.24) is 19.4 Å². The SMILES string of the molecule is C[C@@H]1CCN(C(=O)N(CC#N)CC#N)C[C@@H]1n1ccc2cnc3c(c21)C=CC3. The highest BCUT2D eigenvalue weighted by molar-refractivity contribution is 5.90. The molecular formula is C21H22N6O. The Morgan fingerprint density at radius 2 is 2.14 bits per heavy atom. The van der Waals surface area contributed by atoms with Gasteiger partial charge < -0.3 is 9.47 Å². The zero-order chi connectivity index (χ0) is 19.7. The maximum atomic E-state index is 12.9. The molecule has 2 aliphatic rings. The summed E-state index contributed by atoms with van der Waals surface area (Å²) in [4.78, 5) is 20.5. The van der Waals surface area contributed by atoms with Gasteiger partial charge in [0.1, 0.15) is 13.1 Å². The number of hydrogen-bond acceptors (Lipinski definition) is 4. The summed E-state index contributed by atoms with van der Waals surface area (Å²) < 4.78 is 2.29. The molecule has 0 N–H and O–H groups in total. The van der Waals surface area contributed by atoms with Crippen LogP contribution in [0, 0.1) is 28.6 Å². The fourth-order valence-electron chi connectivity index (χ4n) is 4.26. The average Bonchev–Trinajstić information content (AvgIpc) is 3.34. The monoisotopic (exact) mass is 374 g/mol. The van der Waals surface area contributed by atoms with Gasteiger partial charge in [0.25, 0.3) is 0 Å². The molecule has 2 aromatic rings. The highest BCUT2D eigenvalue weighted by atomic mass is 16.2.